The van der Waals surface area contributed by atoms with Crippen LogP contribution in [0, 0.1) is 5.41 Å². The zero-order valence-corrected chi connectivity index (χ0v) is 8.32. The second-order valence-corrected chi connectivity index (χ2v) is 4.11. The summed E-state index contributed by atoms with van der Waals surface area (Å²) in [6, 6.07) is 0. The van der Waals surface area contributed by atoms with Crippen LogP contribution in [0.5, 0.6) is 0 Å². The normalized spacial score (nSPS) is 21.8. The van der Waals surface area contributed by atoms with Crippen molar-refractivity contribution in [2.75, 3.05) is 19.6 Å². The maximum atomic E-state index is 10.9. The maximum absolute atomic E-state index is 10.9. The van der Waals surface area contributed by atoms with Gasteiger partial charge >= 0.3 is 5.97 Å². The number of amides is 1. The Bertz CT molecular complexity index is 244. The Morgan fingerprint density at radius 2 is 1.93 bits per heavy atom. The Kier molecular flexibility index (Phi) is 3.10. The van der Waals surface area contributed by atoms with Gasteiger partial charge in [0, 0.05) is 0 Å². The lowest BCUT2D eigenvalue weighted by molar-refractivity contribution is -0.150. The third kappa shape index (κ3) is 2.45. The fourth-order valence-electron chi connectivity index (χ4n) is 1.64. The zero-order valence-electron chi connectivity index (χ0n) is 8.32. The van der Waals surface area contributed by atoms with Crippen LogP contribution in [0.3, 0.4) is 0 Å². The lowest BCUT2D eigenvalue weighted by Crippen LogP contribution is -2.45. The van der Waals surface area contributed by atoms with Crippen molar-refractivity contribution < 1.29 is 14.7 Å². The molecule has 0 aromatic heterocycles. The third-order valence-corrected chi connectivity index (χ3v) is 2.86. The van der Waals surface area contributed by atoms with Crippen LogP contribution in [0.15, 0.2) is 0 Å². The smallest absolute Gasteiger partial charge is 0.309 e. The summed E-state index contributed by atoms with van der Waals surface area (Å²) >= 11 is 0. The number of rotatable bonds is 3. The highest BCUT2D eigenvalue weighted by Gasteiger charge is 2.36. The minimum Gasteiger partial charge on any atom is -0.481 e. The highest BCUT2D eigenvalue weighted by atomic mass is 16.4. The van der Waals surface area contributed by atoms with Gasteiger partial charge in [-0.1, -0.05) is 0 Å². The van der Waals surface area contributed by atoms with Crippen LogP contribution >= 0.6 is 0 Å². The summed E-state index contributed by atoms with van der Waals surface area (Å²) in [6.07, 6.45) is 1.16. The average molecular weight is 200 g/mol. The lowest BCUT2D eigenvalue weighted by Gasteiger charge is -2.35. The predicted molar refractivity (Wildman–Crippen MR) is 50.6 cm³/mol. The molecular weight excluding hydrogens is 184 g/mol. The van der Waals surface area contributed by atoms with E-state index in [0.717, 1.165) is 0 Å². The largest absolute Gasteiger partial charge is 0.481 e. The number of primary amides is 1. The van der Waals surface area contributed by atoms with E-state index in [4.69, 9.17) is 10.8 Å². The number of carboxylic acids is 1. The number of aliphatic carboxylic acids is 1. The molecule has 5 heteroatoms. The highest BCUT2D eigenvalue weighted by Crippen LogP contribution is 2.30. The molecule has 0 aromatic carbocycles. The molecule has 14 heavy (non-hydrogen) atoms. The van der Waals surface area contributed by atoms with E-state index >= 15 is 0 Å². The van der Waals surface area contributed by atoms with Crippen molar-refractivity contribution in [1.82, 2.24) is 4.90 Å². The van der Waals surface area contributed by atoms with Crippen LogP contribution in [0.25, 0.3) is 0 Å². The van der Waals surface area contributed by atoms with E-state index < -0.39 is 11.4 Å². The number of piperidine rings is 1. The quantitative estimate of drug-likeness (QED) is 0.652. The van der Waals surface area contributed by atoms with E-state index in [-0.39, 0.29) is 12.5 Å². The van der Waals surface area contributed by atoms with Crippen molar-refractivity contribution in [1.29, 1.82) is 0 Å². The second-order valence-electron chi connectivity index (χ2n) is 4.11. The number of likely N-dealkylation sites (tertiary alicyclic amines) is 1. The minimum atomic E-state index is -0.753. The molecule has 5 nitrogen and oxygen atoms in total. The Balaban J connectivity index is 2.45. The van der Waals surface area contributed by atoms with Crippen molar-refractivity contribution >= 4 is 11.9 Å². The van der Waals surface area contributed by atoms with Gasteiger partial charge in [0.1, 0.15) is 0 Å². The van der Waals surface area contributed by atoms with E-state index in [1.807, 2.05) is 4.90 Å². The maximum Gasteiger partial charge on any atom is 0.309 e. The molecule has 1 aliphatic rings. The molecule has 0 unspecified atom stereocenters. The van der Waals surface area contributed by atoms with Gasteiger partial charge in [-0.15, -0.1) is 0 Å². The van der Waals surface area contributed by atoms with E-state index in [1.54, 1.807) is 6.92 Å². The molecule has 0 radical (unpaired) electrons. The Hall–Kier alpha value is -1.10. The monoisotopic (exact) mass is 200 g/mol. The van der Waals surface area contributed by atoms with Crippen molar-refractivity contribution in [3.8, 4) is 0 Å². The number of carboxylic acid groups (broad SMARTS) is 1. The Labute approximate surface area is 82.9 Å². The van der Waals surface area contributed by atoms with Crippen LogP contribution in [0.1, 0.15) is 19.8 Å². The minimum absolute atomic E-state index is 0.232. The van der Waals surface area contributed by atoms with Gasteiger partial charge in [-0.05, 0) is 32.9 Å². The van der Waals surface area contributed by atoms with Crippen LogP contribution < -0.4 is 5.73 Å². The first-order valence-electron chi connectivity index (χ1n) is 4.68. The standard InChI is InChI=1S/C9H16N2O3/c1-9(8(13)14)2-4-11(5-3-9)6-7(10)12/h2-6H2,1H3,(H2,10,12)(H,13,14). The van der Waals surface area contributed by atoms with E-state index in [2.05, 4.69) is 0 Å². The number of hydrogen-bond donors (Lipinski definition) is 2. The van der Waals surface area contributed by atoms with Gasteiger partial charge in [0.15, 0.2) is 0 Å². The van der Waals surface area contributed by atoms with Crippen LogP contribution in [0.4, 0.5) is 0 Å². The molecule has 80 valence electrons. The summed E-state index contributed by atoms with van der Waals surface area (Å²) in [5.74, 6) is -1.11. The zero-order chi connectivity index (χ0) is 10.8. The molecule has 1 heterocycles. The molecule has 1 fully saturated rings. The van der Waals surface area contributed by atoms with Gasteiger partial charge in [0.25, 0.3) is 0 Å². The van der Waals surface area contributed by atoms with Crippen LogP contribution in [-0.2, 0) is 9.59 Å². The molecule has 0 atom stereocenters. The van der Waals surface area contributed by atoms with Gasteiger partial charge in [0.05, 0.1) is 12.0 Å². The van der Waals surface area contributed by atoms with Gasteiger partial charge in [-0.3, -0.25) is 14.5 Å². The third-order valence-electron chi connectivity index (χ3n) is 2.86. The highest BCUT2D eigenvalue weighted by molar-refractivity contribution is 5.76. The molecule has 0 spiro atoms. The first-order chi connectivity index (χ1) is 6.44. The number of carbonyl (C=O) groups excluding carboxylic acids is 1. The summed E-state index contributed by atoms with van der Waals surface area (Å²) < 4.78 is 0. The molecular formula is C9H16N2O3. The molecule has 0 aliphatic carbocycles. The van der Waals surface area contributed by atoms with Crippen LogP contribution in [-0.4, -0.2) is 41.5 Å². The van der Waals surface area contributed by atoms with Crippen molar-refractivity contribution in [3.05, 3.63) is 0 Å². The Morgan fingerprint density at radius 3 is 2.29 bits per heavy atom. The first-order valence-corrected chi connectivity index (χ1v) is 4.68. The lowest BCUT2D eigenvalue weighted by atomic mass is 9.80. The van der Waals surface area contributed by atoms with Crippen molar-refractivity contribution in [2.24, 2.45) is 11.1 Å². The van der Waals surface area contributed by atoms with Crippen molar-refractivity contribution in [2.45, 2.75) is 19.8 Å². The molecule has 0 aromatic rings. The summed E-state index contributed by atoms with van der Waals surface area (Å²) in [4.78, 5) is 23.4. The van der Waals surface area contributed by atoms with Crippen LogP contribution in [0.2, 0.25) is 0 Å². The first kappa shape index (κ1) is 11.0. The molecule has 1 rings (SSSR count). The molecule has 0 bridgehead atoms. The van der Waals surface area contributed by atoms with Crippen molar-refractivity contribution in [3.63, 3.8) is 0 Å². The summed E-state index contributed by atoms with van der Waals surface area (Å²) in [7, 11) is 0. The number of carbonyl (C=O) groups is 2. The number of hydrogen-bond acceptors (Lipinski definition) is 3. The van der Waals surface area contributed by atoms with E-state index in [9.17, 15) is 9.59 Å². The van der Waals surface area contributed by atoms with E-state index in [0.29, 0.717) is 25.9 Å². The van der Waals surface area contributed by atoms with Gasteiger partial charge in [-0.2, -0.15) is 0 Å². The SMILES string of the molecule is CC1(C(=O)O)CCN(CC(N)=O)CC1. The van der Waals surface area contributed by atoms with E-state index in [1.165, 1.54) is 0 Å². The van der Waals surface area contributed by atoms with Gasteiger partial charge < -0.3 is 10.8 Å². The Morgan fingerprint density at radius 1 is 1.43 bits per heavy atom. The van der Waals surface area contributed by atoms with Gasteiger partial charge in [-0.25, -0.2) is 0 Å². The fourth-order valence-corrected chi connectivity index (χ4v) is 1.64. The topological polar surface area (TPSA) is 83.6 Å². The summed E-state index contributed by atoms with van der Waals surface area (Å²) in [5.41, 5.74) is 4.42. The molecule has 1 amide bonds. The number of nitrogens with two attached hydrogens (primary N) is 1. The fraction of sp³-hybridized carbons (Fsp3) is 0.778. The van der Waals surface area contributed by atoms with Gasteiger partial charge in [0.2, 0.25) is 5.91 Å². The molecule has 1 saturated heterocycles. The molecule has 3 N–H and O–H groups in total. The predicted octanol–water partition coefficient (Wildman–Crippen LogP) is -0.342. The summed E-state index contributed by atoms with van der Waals surface area (Å²) in [5, 5.41) is 8.96. The molecule has 0 saturated carbocycles. The second kappa shape index (κ2) is 3.96. The average Bonchev–Trinajstić information content (AvgIpc) is 2.08. The number of nitrogens with zero attached hydrogens (tertiary/aromatic N) is 1. The molecule has 1 aliphatic heterocycles. The summed E-state index contributed by atoms with van der Waals surface area (Å²) in [6.45, 7) is 3.24.